The zero-order valence-corrected chi connectivity index (χ0v) is 8.65. The zero-order chi connectivity index (χ0) is 11.5. The summed E-state index contributed by atoms with van der Waals surface area (Å²) in [4.78, 5) is 0. The summed E-state index contributed by atoms with van der Waals surface area (Å²) in [5.41, 5.74) is -4.57. The van der Waals surface area contributed by atoms with Crippen LogP contribution in [0.15, 0.2) is 0 Å². The molecule has 0 saturated carbocycles. The van der Waals surface area contributed by atoms with E-state index < -0.39 is 30.4 Å². The summed E-state index contributed by atoms with van der Waals surface area (Å²) >= 11 is 0. The quantitative estimate of drug-likeness (QED) is 0.435. The fourth-order valence-corrected chi connectivity index (χ4v) is 4.15. The van der Waals surface area contributed by atoms with Gasteiger partial charge in [-0.2, -0.15) is 17.6 Å². The fourth-order valence-electron chi connectivity index (χ4n) is 1.38. The first-order valence-corrected chi connectivity index (χ1v) is 6.14. The van der Waals surface area contributed by atoms with Crippen molar-refractivity contribution in [2.75, 3.05) is 13.2 Å². The van der Waals surface area contributed by atoms with Crippen molar-refractivity contribution in [3.05, 3.63) is 0 Å². The van der Waals surface area contributed by atoms with E-state index in [0.717, 1.165) is 0 Å². The summed E-state index contributed by atoms with van der Waals surface area (Å²) in [6, 6.07) is 0. The molecule has 0 aromatic carbocycles. The summed E-state index contributed by atoms with van der Waals surface area (Å²) in [6.07, 6.45) is 0. The third-order valence-corrected chi connectivity index (χ3v) is 6.03. The van der Waals surface area contributed by atoms with Crippen LogP contribution in [0.2, 0.25) is 0 Å². The minimum absolute atomic E-state index is 0.0599. The Kier molecular flexibility index (Phi) is 2.24. The molecule has 0 aromatic heterocycles. The summed E-state index contributed by atoms with van der Waals surface area (Å²) < 4.78 is 73.2. The number of hydrogen-bond acceptors (Lipinski definition) is 3. The number of alkyl halides is 4. The molecule has 88 valence electrons. The Morgan fingerprint density at radius 3 is 1.67 bits per heavy atom. The van der Waals surface area contributed by atoms with Crippen LogP contribution in [0.5, 0.6) is 0 Å². The van der Waals surface area contributed by atoms with Gasteiger partial charge in [-0.05, 0) is 0 Å². The van der Waals surface area contributed by atoms with Crippen LogP contribution in [-0.4, -0.2) is 36.5 Å². The van der Waals surface area contributed by atoms with Crippen LogP contribution >= 0.6 is 7.14 Å². The molecule has 0 N–H and O–H groups in total. The van der Waals surface area contributed by atoms with Crippen molar-refractivity contribution >= 4 is 7.14 Å². The van der Waals surface area contributed by atoms with E-state index in [1.807, 2.05) is 0 Å². The Morgan fingerprint density at radius 2 is 1.47 bits per heavy atom. The molecule has 0 spiro atoms. The van der Waals surface area contributed by atoms with Gasteiger partial charge >= 0.3 is 11.6 Å². The van der Waals surface area contributed by atoms with Gasteiger partial charge < -0.3 is 14.0 Å². The lowest BCUT2D eigenvalue weighted by molar-refractivity contribution is -0.146. The predicted molar refractivity (Wildman–Crippen MR) is 42.7 cm³/mol. The SMILES string of the molecule is CC(F)(F)C(F)(F)P(=O)(C1CO1)C1CO1. The van der Waals surface area contributed by atoms with Gasteiger partial charge in [0.2, 0.25) is 7.14 Å². The van der Waals surface area contributed by atoms with Crippen LogP contribution in [0.4, 0.5) is 17.6 Å². The Bertz CT molecular complexity index is 303. The predicted octanol–water partition coefficient (Wildman–Crippen LogP) is 2.31. The molecule has 15 heavy (non-hydrogen) atoms. The lowest BCUT2D eigenvalue weighted by Gasteiger charge is -2.29. The molecule has 0 radical (unpaired) electrons. The van der Waals surface area contributed by atoms with Gasteiger partial charge in [-0.3, -0.25) is 0 Å². The second-order valence-electron chi connectivity index (χ2n) is 3.71. The Hall–Kier alpha value is -0.130. The molecule has 2 heterocycles. The monoisotopic (exact) mass is 248 g/mol. The van der Waals surface area contributed by atoms with Crippen molar-refractivity contribution in [1.29, 1.82) is 0 Å². The molecule has 2 unspecified atom stereocenters. The Labute approximate surface area is 83.1 Å². The first-order valence-electron chi connectivity index (χ1n) is 4.29. The smallest absolute Gasteiger partial charge is 0.364 e. The minimum Gasteiger partial charge on any atom is -0.365 e. The number of ether oxygens (including phenoxy) is 2. The molecule has 2 fully saturated rings. The third kappa shape index (κ3) is 1.52. The van der Waals surface area contributed by atoms with Crippen molar-refractivity contribution in [2.24, 2.45) is 0 Å². The van der Waals surface area contributed by atoms with E-state index in [4.69, 9.17) is 0 Å². The molecule has 8 heteroatoms. The highest BCUT2D eigenvalue weighted by atomic mass is 31.2. The molecule has 0 bridgehead atoms. The Morgan fingerprint density at radius 1 is 1.13 bits per heavy atom. The van der Waals surface area contributed by atoms with Gasteiger partial charge in [0, 0.05) is 6.92 Å². The lowest BCUT2D eigenvalue weighted by Crippen LogP contribution is -2.40. The van der Waals surface area contributed by atoms with E-state index in [2.05, 4.69) is 9.47 Å². The van der Waals surface area contributed by atoms with Crippen LogP contribution < -0.4 is 0 Å². The van der Waals surface area contributed by atoms with Crippen molar-refractivity contribution in [3.8, 4) is 0 Å². The number of rotatable bonds is 4. The molecular formula is C7H9F4O3P. The number of epoxide rings is 2. The van der Waals surface area contributed by atoms with Crippen LogP contribution in [0.3, 0.4) is 0 Å². The number of hydrogen-bond donors (Lipinski definition) is 0. The Balaban J connectivity index is 2.36. The highest BCUT2D eigenvalue weighted by Crippen LogP contribution is 2.76. The van der Waals surface area contributed by atoms with Crippen molar-refractivity contribution in [3.63, 3.8) is 0 Å². The maximum atomic E-state index is 13.4. The fraction of sp³-hybridized carbons (Fsp3) is 1.00. The lowest BCUT2D eigenvalue weighted by atomic mass is 10.4. The van der Waals surface area contributed by atoms with Crippen LogP contribution in [0, 0.1) is 0 Å². The molecule has 2 rings (SSSR count). The van der Waals surface area contributed by atoms with Gasteiger partial charge in [-0.25, -0.2) is 0 Å². The van der Waals surface area contributed by atoms with E-state index in [9.17, 15) is 22.1 Å². The van der Waals surface area contributed by atoms with Crippen molar-refractivity contribution in [2.45, 2.75) is 30.2 Å². The summed E-state index contributed by atoms with van der Waals surface area (Å²) in [6.45, 7) is -0.268. The highest BCUT2D eigenvalue weighted by molar-refractivity contribution is 7.66. The topological polar surface area (TPSA) is 42.1 Å². The third-order valence-electron chi connectivity index (χ3n) is 2.45. The first-order chi connectivity index (χ1) is 6.71. The second-order valence-corrected chi connectivity index (χ2v) is 6.85. The molecular weight excluding hydrogens is 239 g/mol. The van der Waals surface area contributed by atoms with Crippen molar-refractivity contribution < 1.29 is 31.6 Å². The minimum atomic E-state index is -4.57. The molecule has 2 aliphatic heterocycles. The molecule has 0 amide bonds. The first kappa shape index (κ1) is 11.4. The van der Waals surface area contributed by atoms with E-state index in [-0.39, 0.29) is 20.1 Å². The second kappa shape index (κ2) is 2.96. The summed E-state index contributed by atoms with van der Waals surface area (Å²) in [7, 11) is -4.49. The van der Waals surface area contributed by atoms with E-state index in [1.165, 1.54) is 0 Å². The van der Waals surface area contributed by atoms with Gasteiger partial charge in [0.15, 0.2) is 0 Å². The van der Waals surface area contributed by atoms with Gasteiger partial charge in [0.1, 0.15) is 11.7 Å². The van der Waals surface area contributed by atoms with E-state index in [0.29, 0.717) is 0 Å². The maximum Gasteiger partial charge on any atom is 0.364 e. The van der Waals surface area contributed by atoms with Crippen LogP contribution in [0.25, 0.3) is 0 Å². The van der Waals surface area contributed by atoms with Gasteiger partial charge in [0.25, 0.3) is 0 Å². The van der Waals surface area contributed by atoms with Gasteiger partial charge in [-0.15, -0.1) is 0 Å². The van der Waals surface area contributed by atoms with E-state index in [1.54, 1.807) is 0 Å². The van der Waals surface area contributed by atoms with Crippen LogP contribution in [-0.2, 0) is 14.0 Å². The van der Waals surface area contributed by atoms with Gasteiger partial charge in [0.05, 0.1) is 13.2 Å². The van der Waals surface area contributed by atoms with Crippen LogP contribution in [0.1, 0.15) is 6.92 Å². The zero-order valence-electron chi connectivity index (χ0n) is 7.75. The molecule has 2 atom stereocenters. The average Bonchev–Trinajstić information content (AvgIpc) is 2.92. The summed E-state index contributed by atoms with van der Waals surface area (Å²) in [5.74, 6) is -6.88. The molecule has 2 aliphatic rings. The molecule has 0 aromatic rings. The summed E-state index contributed by atoms with van der Waals surface area (Å²) in [5, 5.41) is 0. The van der Waals surface area contributed by atoms with Gasteiger partial charge in [-0.1, -0.05) is 0 Å². The largest absolute Gasteiger partial charge is 0.365 e. The average molecular weight is 248 g/mol. The highest BCUT2D eigenvalue weighted by Gasteiger charge is 2.74. The normalized spacial score (nSPS) is 34.7. The maximum absolute atomic E-state index is 13.4. The number of halogens is 4. The molecule has 0 aliphatic carbocycles. The molecule has 3 nitrogen and oxygen atoms in total. The van der Waals surface area contributed by atoms with Crippen molar-refractivity contribution in [1.82, 2.24) is 0 Å². The standard InChI is InChI=1S/C7H9F4O3P/c1-6(8,9)7(10,11)15(12,4-2-13-4)5-3-14-5/h4-5H,2-3H2,1H3. The molecule has 2 saturated heterocycles. The van der Waals surface area contributed by atoms with E-state index >= 15 is 0 Å².